The highest BCUT2D eigenvalue weighted by Crippen LogP contribution is 2.15. The van der Waals surface area contributed by atoms with E-state index in [2.05, 4.69) is 26.0 Å². The zero-order valence-corrected chi connectivity index (χ0v) is 8.84. The molecule has 0 unspecified atom stereocenters. The Bertz CT molecular complexity index is 526. The molecular weight excluding hydrogens is 234 g/mol. The minimum Gasteiger partial charge on any atom is -0.306 e. The summed E-state index contributed by atoms with van der Waals surface area (Å²) in [7, 11) is 0. The molecule has 2 rings (SSSR count). The molecule has 0 radical (unpaired) electrons. The van der Waals surface area contributed by atoms with E-state index < -0.39 is 0 Å². The van der Waals surface area contributed by atoms with Gasteiger partial charge in [0.25, 0.3) is 5.56 Å². The van der Waals surface area contributed by atoms with Gasteiger partial charge in [0, 0.05) is 11.3 Å². The third-order valence-electron chi connectivity index (χ3n) is 2.16. The van der Waals surface area contributed by atoms with Crippen LogP contribution in [0.1, 0.15) is 11.3 Å². The average molecular weight is 242 g/mol. The highest BCUT2D eigenvalue weighted by Gasteiger charge is 2.07. The highest BCUT2D eigenvalue weighted by atomic mass is 79.9. The molecule has 0 saturated heterocycles. The molecule has 0 bridgehead atoms. The minimum absolute atomic E-state index is 0.0637. The van der Waals surface area contributed by atoms with Crippen LogP contribution < -0.4 is 5.56 Å². The Labute approximate surface area is 82.7 Å². The standard InChI is InChI=1S/C8H8BrN3O/c1-4-5(2)12-7(11-8(4)13)6(9)3-10-12/h3H,1-2H3,(H,11,13). The van der Waals surface area contributed by atoms with Crippen molar-refractivity contribution in [2.75, 3.05) is 0 Å². The van der Waals surface area contributed by atoms with E-state index in [-0.39, 0.29) is 5.56 Å². The molecule has 13 heavy (non-hydrogen) atoms. The number of H-pyrrole nitrogens is 1. The summed E-state index contributed by atoms with van der Waals surface area (Å²) in [5.41, 5.74) is 2.20. The quantitative estimate of drug-likeness (QED) is 0.759. The molecule has 5 heteroatoms. The summed E-state index contributed by atoms with van der Waals surface area (Å²) in [6.45, 7) is 3.65. The summed E-state index contributed by atoms with van der Waals surface area (Å²) in [6.07, 6.45) is 1.66. The van der Waals surface area contributed by atoms with Gasteiger partial charge in [-0.15, -0.1) is 0 Å². The maximum absolute atomic E-state index is 11.4. The first-order valence-corrected chi connectivity index (χ1v) is 4.63. The van der Waals surface area contributed by atoms with Crippen LogP contribution in [0, 0.1) is 13.8 Å². The monoisotopic (exact) mass is 241 g/mol. The second-order valence-corrected chi connectivity index (χ2v) is 3.77. The molecule has 0 aromatic carbocycles. The molecule has 0 aliphatic carbocycles. The second-order valence-electron chi connectivity index (χ2n) is 2.92. The van der Waals surface area contributed by atoms with Crippen LogP contribution >= 0.6 is 15.9 Å². The predicted molar refractivity (Wildman–Crippen MR) is 53.0 cm³/mol. The molecule has 68 valence electrons. The molecule has 1 N–H and O–H groups in total. The van der Waals surface area contributed by atoms with Crippen molar-refractivity contribution in [2.45, 2.75) is 13.8 Å². The van der Waals surface area contributed by atoms with Crippen LogP contribution in [-0.4, -0.2) is 14.6 Å². The molecule has 0 aliphatic rings. The van der Waals surface area contributed by atoms with Crippen LogP contribution in [0.4, 0.5) is 0 Å². The summed E-state index contributed by atoms with van der Waals surface area (Å²) in [5, 5.41) is 4.12. The topological polar surface area (TPSA) is 50.2 Å². The van der Waals surface area contributed by atoms with Gasteiger partial charge in [-0.2, -0.15) is 5.10 Å². The molecule has 0 aliphatic heterocycles. The van der Waals surface area contributed by atoms with Gasteiger partial charge in [0.1, 0.15) is 0 Å². The maximum Gasteiger partial charge on any atom is 0.254 e. The summed E-state index contributed by atoms with van der Waals surface area (Å²) >= 11 is 3.31. The van der Waals surface area contributed by atoms with Gasteiger partial charge in [0.2, 0.25) is 0 Å². The lowest BCUT2D eigenvalue weighted by Gasteiger charge is -2.01. The van der Waals surface area contributed by atoms with Gasteiger partial charge in [0.15, 0.2) is 5.65 Å². The lowest BCUT2D eigenvalue weighted by molar-refractivity contribution is 0.870. The first-order chi connectivity index (χ1) is 6.11. The van der Waals surface area contributed by atoms with Crippen molar-refractivity contribution in [1.82, 2.24) is 14.6 Å². The van der Waals surface area contributed by atoms with Gasteiger partial charge in [-0.1, -0.05) is 0 Å². The van der Waals surface area contributed by atoms with Crippen molar-refractivity contribution in [1.29, 1.82) is 0 Å². The zero-order chi connectivity index (χ0) is 9.59. The Balaban J connectivity index is 3.05. The molecule has 4 nitrogen and oxygen atoms in total. The first-order valence-electron chi connectivity index (χ1n) is 3.84. The van der Waals surface area contributed by atoms with Crippen LogP contribution in [-0.2, 0) is 0 Å². The Morgan fingerprint density at radius 1 is 1.54 bits per heavy atom. The van der Waals surface area contributed by atoms with Crippen molar-refractivity contribution < 1.29 is 0 Å². The number of aryl methyl sites for hydroxylation is 1. The van der Waals surface area contributed by atoms with Crippen molar-refractivity contribution in [3.05, 3.63) is 32.3 Å². The largest absolute Gasteiger partial charge is 0.306 e. The molecule has 0 spiro atoms. The second kappa shape index (κ2) is 2.70. The molecule has 0 saturated carbocycles. The van der Waals surface area contributed by atoms with Gasteiger partial charge in [-0.05, 0) is 29.8 Å². The Hall–Kier alpha value is -1.10. The van der Waals surface area contributed by atoms with E-state index >= 15 is 0 Å². The molecule has 2 aromatic heterocycles. The van der Waals surface area contributed by atoms with Crippen LogP contribution in [0.2, 0.25) is 0 Å². The van der Waals surface area contributed by atoms with E-state index in [0.29, 0.717) is 11.2 Å². The first kappa shape index (κ1) is 8.50. The summed E-state index contributed by atoms with van der Waals surface area (Å²) in [5.74, 6) is 0. The number of halogens is 1. The molecule has 0 atom stereocenters. The van der Waals surface area contributed by atoms with E-state index in [4.69, 9.17) is 0 Å². The maximum atomic E-state index is 11.4. The summed E-state index contributed by atoms with van der Waals surface area (Å²) in [4.78, 5) is 14.1. The van der Waals surface area contributed by atoms with Crippen LogP contribution in [0.25, 0.3) is 5.65 Å². The Morgan fingerprint density at radius 2 is 2.23 bits per heavy atom. The SMILES string of the molecule is Cc1c(C)n2ncc(Br)c2[nH]c1=O. The van der Waals surface area contributed by atoms with Gasteiger partial charge in [-0.25, -0.2) is 4.52 Å². The molecule has 0 fully saturated rings. The smallest absolute Gasteiger partial charge is 0.254 e. The number of rotatable bonds is 0. The number of hydrogen-bond acceptors (Lipinski definition) is 2. The molecule has 0 amide bonds. The number of nitrogens with zero attached hydrogens (tertiary/aromatic N) is 2. The van der Waals surface area contributed by atoms with Gasteiger partial charge in [-0.3, -0.25) is 4.79 Å². The zero-order valence-electron chi connectivity index (χ0n) is 7.26. The lowest BCUT2D eigenvalue weighted by atomic mass is 10.3. The Kier molecular flexibility index (Phi) is 1.76. The fourth-order valence-electron chi connectivity index (χ4n) is 1.22. The van der Waals surface area contributed by atoms with Gasteiger partial charge < -0.3 is 4.98 Å². The number of fused-ring (bicyclic) bond motifs is 1. The highest BCUT2D eigenvalue weighted by molar-refractivity contribution is 9.10. The van der Waals surface area contributed by atoms with Crippen molar-refractivity contribution in [2.24, 2.45) is 0 Å². The van der Waals surface area contributed by atoms with E-state index in [9.17, 15) is 4.79 Å². The van der Waals surface area contributed by atoms with E-state index in [1.807, 2.05) is 6.92 Å². The van der Waals surface area contributed by atoms with Gasteiger partial charge in [0.05, 0.1) is 10.7 Å². The lowest BCUT2D eigenvalue weighted by Crippen LogP contribution is -2.15. The minimum atomic E-state index is -0.0637. The summed E-state index contributed by atoms with van der Waals surface area (Å²) in [6, 6.07) is 0. The van der Waals surface area contributed by atoms with Crippen molar-refractivity contribution >= 4 is 21.6 Å². The van der Waals surface area contributed by atoms with E-state index in [1.165, 1.54) is 0 Å². The van der Waals surface area contributed by atoms with Crippen LogP contribution in [0.15, 0.2) is 15.5 Å². The van der Waals surface area contributed by atoms with Crippen molar-refractivity contribution in [3.63, 3.8) is 0 Å². The number of hydrogen-bond donors (Lipinski definition) is 1. The number of aromatic nitrogens is 3. The van der Waals surface area contributed by atoms with Crippen LogP contribution in [0.3, 0.4) is 0 Å². The molecular formula is C8H8BrN3O. The number of aromatic amines is 1. The normalized spacial score (nSPS) is 11.0. The Morgan fingerprint density at radius 3 is 2.92 bits per heavy atom. The van der Waals surface area contributed by atoms with E-state index in [0.717, 1.165) is 10.2 Å². The van der Waals surface area contributed by atoms with E-state index in [1.54, 1.807) is 17.6 Å². The average Bonchev–Trinajstić information content (AvgIpc) is 2.45. The fraction of sp³-hybridized carbons (Fsp3) is 0.250. The van der Waals surface area contributed by atoms with Crippen LogP contribution in [0.5, 0.6) is 0 Å². The van der Waals surface area contributed by atoms with Crippen molar-refractivity contribution in [3.8, 4) is 0 Å². The summed E-state index contributed by atoms with van der Waals surface area (Å²) < 4.78 is 2.51. The van der Waals surface area contributed by atoms with Gasteiger partial charge >= 0.3 is 0 Å². The third kappa shape index (κ3) is 1.11. The number of nitrogens with one attached hydrogen (secondary N) is 1. The predicted octanol–water partition coefficient (Wildman–Crippen LogP) is 1.40. The fourth-order valence-corrected chi connectivity index (χ4v) is 1.58. The third-order valence-corrected chi connectivity index (χ3v) is 2.74. The molecule has 2 aromatic rings. The molecule has 2 heterocycles.